The second kappa shape index (κ2) is 7.19. The molecule has 0 aromatic heterocycles. The minimum absolute atomic E-state index is 0.181. The largest absolute Gasteiger partial charge is 0.372 e. The van der Waals surface area contributed by atoms with Crippen LogP contribution in [0, 0.1) is 23.7 Å². The molecule has 0 aliphatic carbocycles. The number of nitriles is 1. The van der Waals surface area contributed by atoms with E-state index < -0.39 is 0 Å². The van der Waals surface area contributed by atoms with Crippen molar-refractivity contribution in [1.29, 1.82) is 5.26 Å². The van der Waals surface area contributed by atoms with Crippen molar-refractivity contribution in [3.05, 3.63) is 29.8 Å². The zero-order chi connectivity index (χ0) is 14.3. The molecule has 0 unspecified atom stereocenters. The SMILES string of the molecule is CCN(CCCCC(C)(C)C#N)c1ccccc1C. The highest BCUT2D eigenvalue weighted by Crippen LogP contribution is 2.23. The molecule has 1 rings (SSSR count). The Kier molecular flexibility index (Phi) is 5.89. The van der Waals surface area contributed by atoms with Crippen LogP contribution in [0.25, 0.3) is 0 Å². The lowest BCUT2D eigenvalue weighted by Crippen LogP contribution is -2.25. The van der Waals surface area contributed by atoms with Crippen LogP contribution in [0.15, 0.2) is 24.3 Å². The van der Waals surface area contributed by atoms with E-state index in [9.17, 15) is 0 Å². The number of para-hydroxylation sites is 1. The molecule has 0 fully saturated rings. The van der Waals surface area contributed by atoms with Crippen molar-refractivity contribution >= 4 is 5.69 Å². The molecule has 0 saturated heterocycles. The Morgan fingerprint density at radius 3 is 2.47 bits per heavy atom. The molecule has 2 heteroatoms. The molecule has 0 aliphatic heterocycles. The van der Waals surface area contributed by atoms with Crippen molar-refractivity contribution in [2.45, 2.75) is 47.0 Å². The van der Waals surface area contributed by atoms with Crippen LogP contribution in [-0.4, -0.2) is 13.1 Å². The Labute approximate surface area is 118 Å². The third kappa shape index (κ3) is 4.95. The lowest BCUT2D eigenvalue weighted by Gasteiger charge is -2.25. The van der Waals surface area contributed by atoms with Crippen LogP contribution < -0.4 is 4.90 Å². The summed E-state index contributed by atoms with van der Waals surface area (Å²) >= 11 is 0. The Morgan fingerprint density at radius 2 is 1.89 bits per heavy atom. The highest BCUT2D eigenvalue weighted by Gasteiger charge is 2.15. The number of anilines is 1. The number of rotatable bonds is 7. The summed E-state index contributed by atoms with van der Waals surface area (Å²) in [5, 5.41) is 9.00. The lowest BCUT2D eigenvalue weighted by molar-refractivity contribution is 0.427. The van der Waals surface area contributed by atoms with Crippen molar-refractivity contribution in [2.24, 2.45) is 5.41 Å². The van der Waals surface area contributed by atoms with Crippen LogP contribution in [0.2, 0.25) is 0 Å². The van der Waals surface area contributed by atoms with Gasteiger partial charge in [0.2, 0.25) is 0 Å². The molecule has 0 atom stereocenters. The van der Waals surface area contributed by atoms with Gasteiger partial charge in [-0.1, -0.05) is 24.6 Å². The Hall–Kier alpha value is -1.49. The Bertz CT molecular complexity index is 429. The number of unbranched alkanes of at least 4 members (excludes halogenated alkanes) is 1. The van der Waals surface area contributed by atoms with E-state index in [1.165, 1.54) is 11.3 Å². The number of hydrogen-bond acceptors (Lipinski definition) is 2. The highest BCUT2D eigenvalue weighted by molar-refractivity contribution is 5.52. The number of benzene rings is 1. The van der Waals surface area contributed by atoms with Crippen LogP contribution in [0.5, 0.6) is 0 Å². The zero-order valence-electron chi connectivity index (χ0n) is 12.7. The summed E-state index contributed by atoms with van der Waals surface area (Å²) in [6.07, 6.45) is 3.24. The van der Waals surface area contributed by atoms with Crippen LogP contribution in [0.3, 0.4) is 0 Å². The van der Waals surface area contributed by atoms with E-state index in [1.54, 1.807) is 0 Å². The lowest BCUT2D eigenvalue weighted by atomic mass is 9.89. The fourth-order valence-electron chi connectivity index (χ4n) is 2.29. The molecular weight excluding hydrogens is 232 g/mol. The second-order valence-electron chi connectivity index (χ2n) is 5.82. The molecule has 0 amide bonds. The molecule has 0 bridgehead atoms. The van der Waals surface area contributed by atoms with Gasteiger partial charge in [0.05, 0.1) is 11.5 Å². The first-order valence-corrected chi connectivity index (χ1v) is 7.22. The molecule has 0 saturated carbocycles. The molecule has 104 valence electrons. The normalized spacial score (nSPS) is 11.1. The van der Waals surface area contributed by atoms with Gasteiger partial charge in [0.15, 0.2) is 0 Å². The number of hydrogen-bond donors (Lipinski definition) is 0. The fraction of sp³-hybridized carbons (Fsp3) is 0.588. The summed E-state index contributed by atoms with van der Waals surface area (Å²) in [5.74, 6) is 0. The third-order valence-corrected chi connectivity index (χ3v) is 3.62. The first kappa shape index (κ1) is 15.6. The summed E-state index contributed by atoms with van der Waals surface area (Å²) in [6, 6.07) is 10.9. The smallest absolute Gasteiger partial charge is 0.0683 e. The maximum absolute atomic E-state index is 9.00. The average molecular weight is 258 g/mol. The van der Waals surface area contributed by atoms with E-state index in [2.05, 4.69) is 49.1 Å². The number of aryl methyl sites for hydroxylation is 1. The van der Waals surface area contributed by atoms with Crippen LogP contribution in [0.4, 0.5) is 5.69 Å². The molecule has 0 heterocycles. The maximum Gasteiger partial charge on any atom is 0.0683 e. The Balaban J connectivity index is 2.47. The molecule has 19 heavy (non-hydrogen) atoms. The van der Waals surface area contributed by atoms with Crippen molar-refractivity contribution in [1.82, 2.24) is 0 Å². The van der Waals surface area contributed by atoms with Gasteiger partial charge in [0, 0.05) is 18.8 Å². The predicted octanol–water partition coefficient (Wildman–Crippen LogP) is 4.54. The van der Waals surface area contributed by atoms with E-state index in [4.69, 9.17) is 5.26 Å². The second-order valence-corrected chi connectivity index (χ2v) is 5.82. The van der Waals surface area contributed by atoms with E-state index in [0.29, 0.717) is 0 Å². The monoisotopic (exact) mass is 258 g/mol. The van der Waals surface area contributed by atoms with E-state index in [0.717, 1.165) is 32.4 Å². The van der Waals surface area contributed by atoms with E-state index in [-0.39, 0.29) is 5.41 Å². The van der Waals surface area contributed by atoms with Crippen molar-refractivity contribution < 1.29 is 0 Å². The van der Waals surface area contributed by atoms with Gasteiger partial charge in [-0.15, -0.1) is 0 Å². The van der Waals surface area contributed by atoms with E-state index >= 15 is 0 Å². The average Bonchev–Trinajstić information content (AvgIpc) is 2.40. The molecule has 1 aromatic carbocycles. The fourth-order valence-corrected chi connectivity index (χ4v) is 2.29. The van der Waals surface area contributed by atoms with Gasteiger partial charge in [-0.2, -0.15) is 5.26 Å². The van der Waals surface area contributed by atoms with Crippen LogP contribution in [0.1, 0.15) is 45.6 Å². The first-order chi connectivity index (χ1) is 9.00. The molecule has 0 aliphatic rings. The number of nitrogens with zero attached hydrogens (tertiary/aromatic N) is 2. The quantitative estimate of drug-likeness (QED) is 0.671. The maximum atomic E-state index is 9.00. The van der Waals surface area contributed by atoms with Crippen molar-refractivity contribution in [3.63, 3.8) is 0 Å². The van der Waals surface area contributed by atoms with Crippen molar-refractivity contribution in [2.75, 3.05) is 18.0 Å². The summed E-state index contributed by atoms with van der Waals surface area (Å²) in [4.78, 5) is 2.43. The first-order valence-electron chi connectivity index (χ1n) is 7.22. The molecule has 1 aromatic rings. The summed E-state index contributed by atoms with van der Waals surface area (Å²) in [7, 11) is 0. The Morgan fingerprint density at radius 1 is 1.21 bits per heavy atom. The minimum atomic E-state index is -0.181. The zero-order valence-corrected chi connectivity index (χ0v) is 12.7. The highest BCUT2D eigenvalue weighted by atomic mass is 15.1. The van der Waals surface area contributed by atoms with Gasteiger partial charge in [-0.25, -0.2) is 0 Å². The van der Waals surface area contributed by atoms with Gasteiger partial charge < -0.3 is 4.90 Å². The summed E-state index contributed by atoms with van der Waals surface area (Å²) < 4.78 is 0. The standard InChI is InChI=1S/C17H26N2/c1-5-19(16-11-7-6-10-15(16)2)13-9-8-12-17(3,4)14-18/h6-7,10-11H,5,8-9,12-13H2,1-4H3. The molecule has 2 nitrogen and oxygen atoms in total. The molecule has 0 N–H and O–H groups in total. The van der Waals surface area contributed by atoms with E-state index in [1.807, 2.05) is 13.8 Å². The topological polar surface area (TPSA) is 27.0 Å². The van der Waals surface area contributed by atoms with Crippen LogP contribution in [-0.2, 0) is 0 Å². The molecule has 0 radical (unpaired) electrons. The summed E-state index contributed by atoms with van der Waals surface area (Å²) in [5.41, 5.74) is 2.49. The van der Waals surface area contributed by atoms with Gasteiger partial charge in [-0.3, -0.25) is 0 Å². The summed E-state index contributed by atoms with van der Waals surface area (Å²) in [6.45, 7) is 10.5. The van der Waals surface area contributed by atoms with Gasteiger partial charge in [0.1, 0.15) is 0 Å². The van der Waals surface area contributed by atoms with Gasteiger partial charge in [-0.05, 0) is 52.2 Å². The van der Waals surface area contributed by atoms with Gasteiger partial charge >= 0.3 is 0 Å². The van der Waals surface area contributed by atoms with Crippen molar-refractivity contribution in [3.8, 4) is 6.07 Å². The molecule has 0 spiro atoms. The predicted molar refractivity (Wildman–Crippen MR) is 82.3 cm³/mol. The minimum Gasteiger partial charge on any atom is -0.372 e. The third-order valence-electron chi connectivity index (χ3n) is 3.62. The van der Waals surface area contributed by atoms with Crippen LogP contribution >= 0.6 is 0 Å². The molecular formula is C17H26N2. The van der Waals surface area contributed by atoms with Gasteiger partial charge in [0.25, 0.3) is 0 Å².